The van der Waals surface area contributed by atoms with E-state index in [4.69, 9.17) is 23.7 Å². The Hall–Kier alpha value is -4.33. The van der Waals surface area contributed by atoms with Gasteiger partial charge in [-0.1, -0.05) is 6.07 Å². The minimum Gasteiger partial charge on any atom is -0.493 e. The fraction of sp³-hybridized carbons (Fsp3) is 0.276. The van der Waals surface area contributed by atoms with Gasteiger partial charge in [0.2, 0.25) is 5.75 Å². The number of nitrogens with one attached hydrogen (secondary N) is 1. The molecule has 5 rings (SSSR count). The molecule has 37 heavy (non-hydrogen) atoms. The number of carbonyl (C=O) groups excluding carboxylic acids is 1. The highest BCUT2D eigenvalue weighted by molar-refractivity contribution is 5.99. The molecule has 0 fully saturated rings. The Bertz CT molecular complexity index is 1450. The SMILES string of the molecule is COc1cc2c(cc1OC)CN(C(=O)c1cc3cc(-c4cc(OC)c(OC)c(OC)c4)ccc3[nH]1)CC2. The highest BCUT2D eigenvalue weighted by Crippen LogP contribution is 2.41. The molecular formula is C29H30N2O6. The Labute approximate surface area is 215 Å². The normalized spacial score (nSPS) is 12.7. The monoisotopic (exact) mass is 502 g/mol. The first-order chi connectivity index (χ1) is 18.0. The van der Waals surface area contributed by atoms with Crippen LogP contribution in [0, 0.1) is 0 Å². The maximum Gasteiger partial charge on any atom is 0.270 e. The number of H-pyrrole nitrogens is 1. The third kappa shape index (κ3) is 4.39. The lowest BCUT2D eigenvalue weighted by Gasteiger charge is -2.29. The van der Waals surface area contributed by atoms with Gasteiger partial charge < -0.3 is 33.6 Å². The summed E-state index contributed by atoms with van der Waals surface area (Å²) in [6, 6.07) is 15.7. The minimum atomic E-state index is -0.0361. The van der Waals surface area contributed by atoms with Crippen LogP contribution in [-0.2, 0) is 13.0 Å². The first kappa shape index (κ1) is 24.4. The quantitative estimate of drug-likeness (QED) is 0.380. The van der Waals surface area contributed by atoms with E-state index in [1.54, 1.807) is 35.5 Å². The Morgan fingerprint density at radius 3 is 2.00 bits per heavy atom. The van der Waals surface area contributed by atoms with Crippen molar-refractivity contribution in [2.24, 2.45) is 0 Å². The molecule has 0 saturated carbocycles. The summed E-state index contributed by atoms with van der Waals surface area (Å²) in [4.78, 5) is 18.6. The van der Waals surface area contributed by atoms with Gasteiger partial charge in [-0.2, -0.15) is 0 Å². The van der Waals surface area contributed by atoms with Crippen LogP contribution in [0.2, 0.25) is 0 Å². The van der Waals surface area contributed by atoms with Crippen molar-refractivity contribution in [2.45, 2.75) is 13.0 Å². The number of ether oxygens (including phenoxy) is 5. The van der Waals surface area contributed by atoms with E-state index in [1.807, 2.05) is 53.4 Å². The Kier molecular flexibility index (Phi) is 6.56. The van der Waals surface area contributed by atoms with Crippen molar-refractivity contribution >= 4 is 16.8 Å². The Morgan fingerprint density at radius 2 is 1.38 bits per heavy atom. The number of aromatic amines is 1. The number of nitrogens with zero attached hydrogens (tertiary/aromatic N) is 1. The summed E-state index contributed by atoms with van der Waals surface area (Å²) in [7, 11) is 8.02. The topological polar surface area (TPSA) is 82.2 Å². The molecule has 0 aliphatic carbocycles. The summed E-state index contributed by atoms with van der Waals surface area (Å²) >= 11 is 0. The zero-order chi connectivity index (χ0) is 26.1. The van der Waals surface area contributed by atoms with E-state index in [2.05, 4.69) is 4.98 Å². The van der Waals surface area contributed by atoms with E-state index < -0.39 is 0 Å². The first-order valence-corrected chi connectivity index (χ1v) is 12.0. The van der Waals surface area contributed by atoms with Crippen molar-refractivity contribution in [1.29, 1.82) is 0 Å². The molecule has 1 N–H and O–H groups in total. The number of methoxy groups -OCH3 is 5. The summed E-state index contributed by atoms with van der Waals surface area (Å²) in [5.74, 6) is 3.05. The summed E-state index contributed by atoms with van der Waals surface area (Å²) in [5.41, 5.74) is 5.58. The lowest BCUT2D eigenvalue weighted by molar-refractivity contribution is 0.0729. The van der Waals surface area contributed by atoms with Crippen LogP contribution in [0.25, 0.3) is 22.0 Å². The van der Waals surface area contributed by atoms with E-state index in [-0.39, 0.29) is 5.91 Å². The number of amides is 1. The third-order valence-electron chi connectivity index (χ3n) is 6.85. The third-order valence-corrected chi connectivity index (χ3v) is 6.85. The van der Waals surface area contributed by atoms with E-state index in [0.29, 0.717) is 47.5 Å². The van der Waals surface area contributed by atoms with Crippen LogP contribution in [0.4, 0.5) is 0 Å². The fourth-order valence-corrected chi connectivity index (χ4v) is 4.90. The molecule has 8 heteroatoms. The van der Waals surface area contributed by atoms with Gasteiger partial charge in [0.1, 0.15) is 5.69 Å². The summed E-state index contributed by atoms with van der Waals surface area (Å²) in [6.07, 6.45) is 0.757. The number of fused-ring (bicyclic) bond motifs is 2. The molecule has 1 aliphatic rings. The van der Waals surface area contributed by atoms with Crippen LogP contribution in [0.5, 0.6) is 28.7 Å². The van der Waals surface area contributed by atoms with Gasteiger partial charge in [-0.25, -0.2) is 0 Å². The van der Waals surface area contributed by atoms with Crippen LogP contribution >= 0.6 is 0 Å². The molecule has 0 bridgehead atoms. The van der Waals surface area contributed by atoms with Gasteiger partial charge in [-0.05, 0) is 71.1 Å². The number of aromatic nitrogens is 1. The molecule has 8 nitrogen and oxygen atoms in total. The average molecular weight is 503 g/mol. The molecule has 4 aromatic rings. The summed E-state index contributed by atoms with van der Waals surface area (Å²) in [6.45, 7) is 1.15. The van der Waals surface area contributed by atoms with Gasteiger partial charge >= 0.3 is 0 Å². The molecule has 1 aromatic heterocycles. The van der Waals surface area contributed by atoms with Crippen molar-refractivity contribution in [3.8, 4) is 39.9 Å². The van der Waals surface area contributed by atoms with Crippen LogP contribution in [0.1, 0.15) is 21.6 Å². The second-order valence-corrected chi connectivity index (χ2v) is 8.85. The zero-order valence-electron chi connectivity index (χ0n) is 21.6. The van der Waals surface area contributed by atoms with Gasteiger partial charge in [-0.15, -0.1) is 0 Å². The number of hydrogen-bond donors (Lipinski definition) is 1. The molecule has 0 unspecified atom stereocenters. The van der Waals surface area contributed by atoms with Crippen molar-refractivity contribution in [1.82, 2.24) is 9.88 Å². The minimum absolute atomic E-state index is 0.0361. The smallest absolute Gasteiger partial charge is 0.270 e. The second kappa shape index (κ2) is 9.97. The number of rotatable bonds is 7. The van der Waals surface area contributed by atoms with Crippen molar-refractivity contribution in [3.63, 3.8) is 0 Å². The molecule has 1 aliphatic heterocycles. The molecule has 1 amide bonds. The van der Waals surface area contributed by atoms with E-state index in [1.165, 1.54) is 5.56 Å². The molecule has 0 saturated heterocycles. The summed E-state index contributed by atoms with van der Waals surface area (Å²) < 4.78 is 27.3. The van der Waals surface area contributed by atoms with Gasteiger partial charge in [0.15, 0.2) is 23.0 Å². The van der Waals surface area contributed by atoms with Crippen LogP contribution in [-0.4, -0.2) is 57.9 Å². The zero-order valence-corrected chi connectivity index (χ0v) is 21.6. The van der Waals surface area contributed by atoms with Crippen LogP contribution < -0.4 is 23.7 Å². The van der Waals surface area contributed by atoms with Crippen LogP contribution in [0.3, 0.4) is 0 Å². The lowest BCUT2D eigenvalue weighted by Crippen LogP contribution is -2.36. The number of carbonyl (C=O) groups is 1. The molecule has 0 atom stereocenters. The first-order valence-electron chi connectivity index (χ1n) is 12.0. The van der Waals surface area contributed by atoms with E-state index >= 15 is 0 Å². The Balaban J connectivity index is 1.43. The summed E-state index contributed by atoms with van der Waals surface area (Å²) in [5, 5.41) is 0.943. The van der Waals surface area contributed by atoms with E-state index in [9.17, 15) is 4.79 Å². The Morgan fingerprint density at radius 1 is 0.730 bits per heavy atom. The highest BCUT2D eigenvalue weighted by atomic mass is 16.5. The molecule has 0 spiro atoms. The second-order valence-electron chi connectivity index (χ2n) is 8.85. The molecule has 2 heterocycles. The number of benzene rings is 3. The van der Waals surface area contributed by atoms with Gasteiger partial charge in [0.05, 0.1) is 35.5 Å². The largest absolute Gasteiger partial charge is 0.493 e. The fourth-order valence-electron chi connectivity index (χ4n) is 4.90. The standard InChI is InChI=1S/C29H30N2O6/c1-33-24-12-18-8-9-31(16-21(18)15-25(24)34-2)29(32)23-11-20-10-17(6-7-22(20)30-23)19-13-26(35-3)28(37-5)27(14-19)36-4/h6-7,10-15,30H,8-9,16H2,1-5H3. The predicted molar refractivity (Wildman–Crippen MR) is 141 cm³/mol. The average Bonchev–Trinajstić information content (AvgIpc) is 3.38. The molecule has 192 valence electrons. The highest BCUT2D eigenvalue weighted by Gasteiger charge is 2.25. The lowest BCUT2D eigenvalue weighted by atomic mass is 9.98. The van der Waals surface area contributed by atoms with Crippen LogP contribution in [0.15, 0.2) is 48.5 Å². The van der Waals surface area contributed by atoms with Gasteiger partial charge in [-0.3, -0.25) is 4.79 Å². The number of hydrogen-bond acceptors (Lipinski definition) is 6. The molecular weight excluding hydrogens is 472 g/mol. The maximum atomic E-state index is 13.4. The molecule has 0 radical (unpaired) electrons. The van der Waals surface area contributed by atoms with Crippen molar-refractivity contribution in [2.75, 3.05) is 42.1 Å². The maximum absolute atomic E-state index is 13.4. The van der Waals surface area contributed by atoms with Gasteiger partial charge in [0.25, 0.3) is 5.91 Å². The predicted octanol–water partition coefficient (Wildman–Crippen LogP) is 5.08. The van der Waals surface area contributed by atoms with E-state index in [0.717, 1.165) is 34.0 Å². The van der Waals surface area contributed by atoms with Crippen molar-refractivity contribution in [3.05, 3.63) is 65.4 Å². The molecule has 3 aromatic carbocycles. The van der Waals surface area contributed by atoms with Crippen molar-refractivity contribution < 1.29 is 28.5 Å². The van der Waals surface area contributed by atoms with Gasteiger partial charge in [0, 0.05) is 24.0 Å².